The van der Waals surface area contributed by atoms with E-state index in [0.717, 1.165) is 30.8 Å². The lowest BCUT2D eigenvalue weighted by Gasteiger charge is -2.16. The van der Waals surface area contributed by atoms with Gasteiger partial charge in [-0.1, -0.05) is 6.92 Å². The number of hydrogen-bond donors (Lipinski definition) is 3. The van der Waals surface area contributed by atoms with Gasteiger partial charge in [-0.15, -0.1) is 0 Å². The Morgan fingerprint density at radius 1 is 1.39 bits per heavy atom. The first-order valence-corrected chi connectivity index (χ1v) is 6.22. The van der Waals surface area contributed by atoms with E-state index < -0.39 is 0 Å². The molecule has 1 unspecified atom stereocenters. The van der Waals surface area contributed by atoms with Crippen LogP contribution in [0.25, 0.3) is 0 Å². The topological polar surface area (TPSA) is 79.6 Å². The minimum atomic E-state index is 0.182. The Balaban J connectivity index is 2.10. The molecule has 0 aliphatic rings. The molecule has 18 heavy (non-hydrogen) atoms. The highest BCUT2D eigenvalue weighted by Gasteiger charge is 2.13. The van der Waals surface area contributed by atoms with Crippen LogP contribution in [0.5, 0.6) is 0 Å². The van der Waals surface area contributed by atoms with Gasteiger partial charge in [-0.25, -0.2) is 9.97 Å². The molecule has 0 amide bonds. The minimum absolute atomic E-state index is 0.182. The monoisotopic (exact) mass is 245 g/mol. The molecule has 5 heteroatoms. The van der Waals surface area contributed by atoms with Gasteiger partial charge in [0.2, 0.25) is 0 Å². The highest BCUT2D eigenvalue weighted by atomic mass is 15.0. The van der Waals surface area contributed by atoms with Crippen LogP contribution >= 0.6 is 0 Å². The Hall–Kier alpha value is -1.88. The van der Waals surface area contributed by atoms with Crippen molar-refractivity contribution in [3.05, 3.63) is 42.1 Å². The van der Waals surface area contributed by atoms with Gasteiger partial charge in [-0.05, 0) is 37.1 Å². The third kappa shape index (κ3) is 3.30. The van der Waals surface area contributed by atoms with Crippen LogP contribution in [0, 0.1) is 0 Å². The molecule has 0 saturated carbocycles. The first kappa shape index (κ1) is 12.6. The zero-order valence-electron chi connectivity index (χ0n) is 10.6. The molecule has 0 bridgehead atoms. The number of aromatic nitrogens is 3. The van der Waals surface area contributed by atoms with Gasteiger partial charge < -0.3 is 16.0 Å². The summed E-state index contributed by atoms with van der Waals surface area (Å²) in [5, 5.41) is 3.48. The molecular formula is C13H19N5. The Kier molecular flexibility index (Phi) is 4.30. The fraction of sp³-hybridized carbons (Fsp3) is 0.385. The van der Waals surface area contributed by atoms with Gasteiger partial charge in [0.15, 0.2) is 0 Å². The Labute approximate surface area is 107 Å². The summed E-state index contributed by atoms with van der Waals surface area (Å²) in [6, 6.07) is 4.07. The Bertz CT molecular complexity index is 466. The molecule has 0 aliphatic heterocycles. The molecule has 0 fully saturated rings. The van der Waals surface area contributed by atoms with Crippen LogP contribution in [-0.4, -0.2) is 21.5 Å². The fourth-order valence-electron chi connectivity index (χ4n) is 1.91. The average molecular weight is 245 g/mol. The van der Waals surface area contributed by atoms with Gasteiger partial charge in [0.1, 0.15) is 11.6 Å². The third-order valence-corrected chi connectivity index (χ3v) is 2.78. The zero-order valence-corrected chi connectivity index (χ0v) is 10.6. The van der Waals surface area contributed by atoms with Gasteiger partial charge in [-0.2, -0.15) is 0 Å². The van der Waals surface area contributed by atoms with Crippen LogP contribution < -0.4 is 11.1 Å². The molecule has 96 valence electrons. The maximum atomic E-state index is 5.70. The summed E-state index contributed by atoms with van der Waals surface area (Å²) in [5.41, 5.74) is 6.86. The van der Waals surface area contributed by atoms with Crippen molar-refractivity contribution in [2.24, 2.45) is 0 Å². The third-order valence-electron chi connectivity index (χ3n) is 2.78. The van der Waals surface area contributed by atoms with Crippen molar-refractivity contribution in [1.82, 2.24) is 20.3 Å². The van der Waals surface area contributed by atoms with Crippen LogP contribution in [0.4, 0.5) is 5.82 Å². The van der Waals surface area contributed by atoms with Gasteiger partial charge in [0, 0.05) is 18.6 Å². The second-order valence-corrected chi connectivity index (χ2v) is 4.27. The van der Waals surface area contributed by atoms with E-state index in [4.69, 9.17) is 5.73 Å². The second-order valence-electron chi connectivity index (χ2n) is 4.27. The van der Waals surface area contributed by atoms with Gasteiger partial charge in [0.25, 0.3) is 0 Å². The molecule has 5 nitrogen and oxygen atoms in total. The van der Waals surface area contributed by atoms with Crippen LogP contribution in [0.15, 0.2) is 30.7 Å². The van der Waals surface area contributed by atoms with E-state index in [0.29, 0.717) is 5.82 Å². The lowest BCUT2D eigenvalue weighted by atomic mass is 10.1. The molecule has 1 atom stereocenters. The smallest absolute Gasteiger partial charge is 0.123 e. The highest BCUT2D eigenvalue weighted by molar-refractivity contribution is 5.32. The highest BCUT2D eigenvalue weighted by Crippen LogP contribution is 2.15. The van der Waals surface area contributed by atoms with E-state index in [-0.39, 0.29) is 6.04 Å². The van der Waals surface area contributed by atoms with E-state index >= 15 is 0 Å². The van der Waals surface area contributed by atoms with E-state index in [1.54, 1.807) is 12.4 Å². The number of nitrogen functional groups attached to an aromatic ring is 1. The number of nitrogens with two attached hydrogens (primary N) is 1. The van der Waals surface area contributed by atoms with Crippen LogP contribution in [0.2, 0.25) is 0 Å². The molecule has 4 N–H and O–H groups in total. The summed E-state index contributed by atoms with van der Waals surface area (Å²) in [6.45, 7) is 3.11. The number of aromatic amines is 1. The first-order valence-electron chi connectivity index (χ1n) is 6.22. The minimum Gasteiger partial charge on any atom is -0.384 e. The molecular weight excluding hydrogens is 226 g/mol. The van der Waals surface area contributed by atoms with Crippen LogP contribution in [-0.2, 0) is 6.42 Å². The van der Waals surface area contributed by atoms with Gasteiger partial charge in [-0.3, -0.25) is 0 Å². The molecule has 0 spiro atoms. The number of nitrogens with zero attached hydrogens (tertiary/aromatic N) is 2. The van der Waals surface area contributed by atoms with Crippen molar-refractivity contribution < 1.29 is 0 Å². The van der Waals surface area contributed by atoms with Crippen molar-refractivity contribution in [1.29, 1.82) is 0 Å². The number of rotatable bonds is 6. The Morgan fingerprint density at radius 2 is 2.28 bits per heavy atom. The Morgan fingerprint density at radius 3 is 2.94 bits per heavy atom. The maximum Gasteiger partial charge on any atom is 0.123 e. The summed E-state index contributed by atoms with van der Waals surface area (Å²) in [4.78, 5) is 11.5. The lowest BCUT2D eigenvalue weighted by Crippen LogP contribution is -2.25. The molecule has 0 aromatic carbocycles. The van der Waals surface area contributed by atoms with Crippen LogP contribution in [0.1, 0.15) is 30.8 Å². The lowest BCUT2D eigenvalue weighted by molar-refractivity contribution is 0.508. The summed E-state index contributed by atoms with van der Waals surface area (Å²) < 4.78 is 0. The van der Waals surface area contributed by atoms with E-state index in [1.807, 2.05) is 18.3 Å². The van der Waals surface area contributed by atoms with Crippen molar-refractivity contribution in [3.63, 3.8) is 0 Å². The molecule has 2 aromatic heterocycles. The normalized spacial score (nSPS) is 12.5. The van der Waals surface area contributed by atoms with Gasteiger partial charge >= 0.3 is 0 Å². The molecule has 0 saturated heterocycles. The van der Waals surface area contributed by atoms with Crippen molar-refractivity contribution in [2.45, 2.75) is 25.8 Å². The number of hydrogen-bond acceptors (Lipinski definition) is 4. The SMILES string of the molecule is CCCNC(Cc1ccnc(N)c1)c1ncc[nH]1. The van der Waals surface area contributed by atoms with Crippen molar-refractivity contribution in [2.75, 3.05) is 12.3 Å². The summed E-state index contributed by atoms with van der Waals surface area (Å²) >= 11 is 0. The summed E-state index contributed by atoms with van der Waals surface area (Å²) in [7, 11) is 0. The largest absolute Gasteiger partial charge is 0.384 e. The van der Waals surface area contributed by atoms with E-state index in [1.165, 1.54) is 0 Å². The predicted molar refractivity (Wildman–Crippen MR) is 72.0 cm³/mol. The molecule has 0 radical (unpaired) electrons. The molecule has 2 heterocycles. The number of H-pyrrole nitrogens is 1. The summed E-state index contributed by atoms with van der Waals surface area (Å²) in [5.74, 6) is 1.51. The zero-order chi connectivity index (χ0) is 12.8. The average Bonchev–Trinajstić information content (AvgIpc) is 2.88. The quantitative estimate of drug-likeness (QED) is 0.723. The second kappa shape index (κ2) is 6.16. The van der Waals surface area contributed by atoms with E-state index in [2.05, 4.69) is 27.2 Å². The molecule has 0 aliphatic carbocycles. The van der Waals surface area contributed by atoms with Crippen LogP contribution in [0.3, 0.4) is 0 Å². The summed E-state index contributed by atoms with van der Waals surface area (Å²) in [6.07, 6.45) is 7.30. The predicted octanol–water partition coefficient (Wildman–Crippen LogP) is 1.67. The van der Waals surface area contributed by atoms with Crippen molar-refractivity contribution in [3.8, 4) is 0 Å². The standard InChI is InChI=1S/C13H19N5/c1-2-4-15-11(13-17-6-7-18-13)8-10-3-5-16-12(14)9-10/h3,5-7,9,11,15H,2,4,8H2,1H3,(H2,14,16)(H,17,18). The van der Waals surface area contributed by atoms with E-state index in [9.17, 15) is 0 Å². The maximum absolute atomic E-state index is 5.70. The number of nitrogens with one attached hydrogen (secondary N) is 2. The van der Waals surface area contributed by atoms with Gasteiger partial charge in [0.05, 0.1) is 6.04 Å². The molecule has 2 aromatic rings. The number of imidazole rings is 1. The number of pyridine rings is 1. The molecule has 2 rings (SSSR count). The number of anilines is 1. The van der Waals surface area contributed by atoms with Crippen molar-refractivity contribution >= 4 is 5.82 Å². The first-order chi connectivity index (χ1) is 8.79. The fourth-order valence-corrected chi connectivity index (χ4v) is 1.91.